The fraction of sp³-hybridized carbons (Fsp3) is 0.353. The van der Waals surface area contributed by atoms with Crippen LogP contribution in [-0.4, -0.2) is 25.1 Å². The zero-order valence-electron chi connectivity index (χ0n) is 14.0. The van der Waals surface area contributed by atoms with Crippen molar-refractivity contribution in [2.24, 2.45) is 0 Å². The van der Waals surface area contributed by atoms with Gasteiger partial charge in [-0.15, -0.1) is 0 Å². The first-order chi connectivity index (χ1) is 11.7. The highest BCUT2D eigenvalue weighted by Gasteiger charge is 2.17. The summed E-state index contributed by atoms with van der Waals surface area (Å²) in [5.41, 5.74) is 1.70. The maximum Gasteiger partial charge on any atom is 0.223 e. The Labute approximate surface area is 140 Å². The van der Waals surface area contributed by atoms with E-state index in [-0.39, 0.29) is 6.04 Å². The monoisotopic (exact) mass is 324 g/mol. The normalized spacial score (nSPS) is 12.1. The number of hydrogen-bond acceptors (Lipinski definition) is 7. The van der Waals surface area contributed by atoms with E-state index < -0.39 is 0 Å². The van der Waals surface area contributed by atoms with Crippen LogP contribution in [0.5, 0.6) is 0 Å². The van der Waals surface area contributed by atoms with Gasteiger partial charge in [0, 0.05) is 24.9 Å². The standard InChI is InChI=1S/C17H20N6O/c1-4-12-10-15(21-13(5-2)17-19-11(3)24-23-17)22-16(20-12)14-8-6-7-9-18-14/h6-10,13H,4-5H2,1-3H3,(H,20,21,22). The van der Waals surface area contributed by atoms with E-state index in [1.807, 2.05) is 24.3 Å². The van der Waals surface area contributed by atoms with E-state index in [0.29, 0.717) is 17.5 Å². The molecule has 3 aromatic heterocycles. The van der Waals surface area contributed by atoms with Gasteiger partial charge in [0.25, 0.3) is 0 Å². The van der Waals surface area contributed by atoms with Crippen molar-refractivity contribution in [1.29, 1.82) is 0 Å². The number of hydrogen-bond donors (Lipinski definition) is 1. The topological polar surface area (TPSA) is 89.6 Å². The van der Waals surface area contributed by atoms with Gasteiger partial charge in [0.2, 0.25) is 5.89 Å². The third-order valence-corrected chi connectivity index (χ3v) is 3.62. The lowest BCUT2D eigenvalue weighted by Gasteiger charge is -2.15. The Morgan fingerprint density at radius 3 is 2.67 bits per heavy atom. The zero-order chi connectivity index (χ0) is 16.9. The summed E-state index contributed by atoms with van der Waals surface area (Å²) in [4.78, 5) is 17.8. The summed E-state index contributed by atoms with van der Waals surface area (Å²) in [6.45, 7) is 5.90. The Morgan fingerprint density at radius 1 is 1.17 bits per heavy atom. The first-order valence-electron chi connectivity index (χ1n) is 8.05. The van der Waals surface area contributed by atoms with E-state index in [2.05, 4.69) is 44.3 Å². The van der Waals surface area contributed by atoms with E-state index in [9.17, 15) is 0 Å². The van der Waals surface area contributed by atoms with Gasteiger partial charge < -0.3 is 9.84 Å². The second kappa shape index (κ2) is 7.16. The van der Waals surface area contributed by atoms with Crippen LogP contribution in [0.1, 0.15) is 43.7 Å². The van der Waals surface area contributed by atoms with Gasteiger partial charge in [0.1, 0.15) is 11.5 Å². The van der Waals surface area contributed by atoms with Crippen molar-refractivity contribution < 1.29 is 4.52 Å². The summed E-state index contributed by atoms with van der Waals surface area (Å²) >= 11 is 0. The van der Waals surface area contributed by atoms with Crippen LogP contribution < -0.4 is 5.32 Å². The molecule has 1 N–H and O–H groups in total. The Balaban J connectivity index is 1.92. The SMILES string of the molecule is CCc1cc(NC(CC)c2noc(C)n2)nc(-c2ccccn2)n1. The van der Waals surface area contributed by atoms with Gasteiger partial charge >= 0.3 is 0 Å². The average molecular weight is 324 g/mol. The van der Waals surface area contributed by atoms with Gasteiger partial charge in [-0.1, -0.05) is 25.1 Å². The van der Waals surface area contributed by atoms with Gasteiger partial charge in [0.15, 0.2) is 11.6 Å². The van der Waals surface area contributed by atoms with Gasteiger partial charge in [-0.05, 0) is 25.0 Å². The third-order valence-electron chi connectivity index (χ3n) is 3.62. The lowest BCUT2D eigenvalue weighted by atomic mass is 10.2. The van der Waals surface area contributed by atoms with Crippen LogP contribution in [0.25, 0.3) is 11.5 Å². The molecule has 0 aliphatic carbocycles. The largest absolute Gasteiger partial charge is 0.360 e. The van der Waals surface area contributed by atoms with E-state index in [0.717, 1.165) is 30.0 Å². The van der Waals surface area contributed by atoms with E-state index in [4.69, 9.17) is 4.52 Å². The number of rotatable bonds is 6. The number of pyridine rings is 1. The molecule has 0 saturated carbocycles. The zero-order valence-corrected chi connectivity index (χ0v) is 14.0. The third kappa shape index (κ3) is 3.56. The summed E-state index contributed by atoms with van der Waals surface area (Å²) in [6, 6.07) is 7.57. The summed E-state index contributed by atoms with van der Waals surface area (Å²) in [7, 11) is 0. The van der Waals surface area contributed by atoms with E-state index in [1.54, 1.807) is 13.1 Å². The molecule has 0 saturated heterocycles. The van der Waals surface area contributed by atoms with Crippen molar-refractivity contribution in [1.82, 2.24) is 25.1 Å². The molecule has 0 bridgehead atoms. The van der Waals surface area contributed by atoms with E-state index in [1.165, 1.54) is 0 Å². The number of nitrogens with zero attached hydrogens (tertiary/aromatic N) is 5. The fourth-order valence-electron chi connectivity index (χ4n) is 2.35. The van der Waals surface area contributed by atoms with Crippen LogP contribution in [-0.2, 0) is 6.42 Å². The van der Waals surface area contributed by atoms with Crippen molar-refractivity contribution in [3.05, 3.63) is 47.9 Å². The van der Waals surface area contributed by atoms with Crippen molar-refractivity contribution >= 4 is 5.82 Å². The highest BCUT2D eigenvalue weighted by atomic mass is 16.5. The summed E-state index contributed by atoms with van der Waals surface area (Å²) < 4.78 is 5.08. The molecule has 1 unspecified atom stereocenters. The fourth-order valence-corrected chi connectivity index (χ4v) is 2.35. The maximum atomic E-state index is 5.08. The molecule has 0 fully saturated rings. The van der Waals surface area contributed by atoms with Gasteiger partial charge in [-0.3, -0.25) is 4.98 Å². The molecule has 0 aromatic carbocycles. The molecule has 0 radical (unpaired) electrons. The molecule has 1 atom stereocenters. The van der Waals surface area contributed by atoms with Crippen LogP contribution in [0.15, 0.2) is 35.0 Å². The lowest BCUT2D eigenvalue weighted by molar-refractivity contribution is 0.384. The Bertz CT molecular complexity index is 802. The molecule has 7 nitrogen and oxygen atoms in total. The van der Waals surface area contributed by atoms with E-state index >= 15 is 0 Å². The highest BCUT2D eigenvalue weighted by molar-refractivity contribution is 5.53. The predicted octanol–water partition coefficient (Wildman–Crippen LogP) is 3.36. The van der Waals surface area contributed by atoms with Crippen LogP contribution >= 0.6 is 0 Å². The number of aryl methyl sites for hydroxylation is 2. The first kappa shape index (κ1) is 16.0. The second-order valence-corrected chi connectivity index (χ2v) is 5.41. The number of aromatic nitrogens is 5. The minimum absolute atomic E-state index is 0.0707. The van der Waals surface area contributed by atoms with Gasteiger partial charge in [-0.2, -0.15) is 4.98 Å². The molecule has 124 valence electrons. The van der Waals surface area contributed by atoms with Crippen LogP contribution in [0.2, 0.25) is 0 Å². The van der Waals surface area contributed by atoms with Crippen LogP contribution in [0.4, 0.5) is 5.82 Å². The quantitative estimate of drug-likeness (QED) is 0.743. The Morgan fingerprint density at radius 2 is 2.04 bits per heavy atom. The number of anilines is 1. The highest BCUT2D eigenvalue weighted by Crippen LogP contribution is 2.22. The average Bonchev–Trinajstić information content (AvgIpc) is 3.06. The molecule has 3 aromatic rings. The number of nitrogens with one attached hydrogen (secondary N) is 1. The summed E-state index contributed by atoms with van der Waals surface area (Å²) in [5.74, 6) is 2.52. The van der Waals surface area contributed by atoms with Crippen LogP contribution in [0, 0.1) is 6.92 Å². The molecular weight excluding hydrogens is 304 g/mol. The van der Waals surface area contributed by atoms with Crippen molar-refractivity contribution in [3.63, 3.8) is 0 Å². The Hall–Kier alpha value is -2.83. The van der Waals surface area contributed by atoms with Gasteiger partial charge in [0.05, 0.1) is 6.04 Å². The molecule has 3 heterocycles. The molecule has 7 heteroatoms. The molecule has 24 heavy (non-hydrogen) atoms. The Kier molecular flexibility index (Phi) is 4.79. The van der Waals surface area contributed by atoms with Crippen molar-refractivity contribution in [2.45, 2.75) is 39.7 Å². The molecule has 0 aliphatic rings. The minimum atomic E-state index is -0.0707. The molecule has 0 spiro atoms. The molecule has 0 amide bonds. The summed E-state index contributed by atoms with van der Waals surface area (Å²) in [5, 5.41) is 7.38. The van der Waals surface area contributed by atoms with Crippen molar-refractivity contribution in [2.75, 3.05) is 5.32 Å². The molecule has 0 aliphatic heterocycles. The predicted molar refractivity (Wildman–Crippen MR) is 90.3 cm³/mol. The van der Waals surface area contributed by atoms with Crippen molar-refractivity contribution in [3.8, 4) is 11.5 Å². The molecule has 3 rings (SSSR count). The smallest absolute Gasteiger partial charge is 0.223 e. The maximum absolute atomic E-state index is 5.08. The van der Waals surface area contributed by atoms with Crippen LogP contribution in [0.3, 0.4) is 0 Å². The first-order valence-corrected chi connectivity index (χ1v) is 8.05. The second-order valence-electron chi connectivity index (χ2n) is 5.41. The lowest BCUT2D eigenvalue weighted by Crippen LogP contribution is -2.13. The minimum Gasteiger partial charge on any atom is -0.360 e. The molecular formula is C17H20N6O. The van der Waals surface area contributed by atoms with Gasteiger partial charge in [-0.25, -0.2) is 9.97 Å². The summed E-state index contributed by atoms with van der Waals surface area (Å²) in [6.07, 6.45) is 3.36.